The Labute approximate surface area is 108 Å². The Morgan fingerprint density at radius 1 is 0.882 bits per heavy atom. The van der Waals surface area contributed by atoms with Crippen molar-refractivity contribution in [1.82, 2.24) is 0 Å². The van der Waals surface area contributed by atoms with E-state index in [4.69, 9.17) is 17.7 Å². The van der Waals surface area contributed by atoms with Gasteiger partial charge in [0, 0.05) is 0 Å². The molecule has 17 heavy (non-hydrogen) atoms. The molecule has 0 saturated heterocycles. The van der Waals surface area contributed by atoms with Crippen LogP contribution in [0.2, 0.25) is 45.8 Å². The van der Waals surface area contributed by atoms with E-state index in [1.165, 1.54) is 0 Å². The van der Waals surface area contributed by atoms with Gasteiger partial charge >= 0.3 is 17.1 Å². The van der Waals surface area contributed by atoms with Gasteiger partial charge in [0.1, 0.15) is 0 Å². The Morgan fingerprint density at radius 3 is 1.82 bits per heavy atom. The van der Waals surface area contributed by atoms with Gasteiger partial charge in [-0.1, -0.05) is 6.08 Å². The molecule has 0 amide bonds. The quantitative estimate of drug-likeness (QED) is 0.226. The van der Waals surface area contributed by atoms with Crippen LogP contribution in [0.4, 0.5) is 0 Å². The summed E-state index contributed by atoms with van der Waals surface area (Å²) in [6.07, 6.45) is 1.64. The van der Waals surface area contributed by atoms with Crippen molar-refractivity contribution in [2.75, 3.05) is 6.61 Å². The summed E-state index contributed by atoms with van der Waals surface area (Å²) in [7, 11) is -6.01. The summed E-state index contributed by atoms with van der Waals surface area (Å²) < 4.78 is 17.5. The lowest BCUT2D eigenvalue weighted by atomic mass is 10.7. The van der Waals surface area contributed by atoms with E-state index in [2.05, 4.69) is 39.3 Å². The van der Waals surface area contributed by atoms with Gasteiger partial charge in [-0.25, -0.2) is 4.89 Å². The molecule has 0 saturated carbocycles. The SMILES string of the molecule is C=CCOO[Si](C)(C)O[Si](C)(C)O[Si](C)(C)C. The van der Waals surface area contributed by atoms with Crippen LogP contribution in [0.5, 0.6) is 0 Å². The van der Waals surface area contributed by atoms with Gasteiger partial charge in [0.25, 0.3) is 0 Å². The van der Waals surface area contributed by atoms with Crippen molar-refractivity contribution < 1.29 is 17.7 Å². The maximum atomic E-state index is 6.10. The molecule has 0 unspecified atom stereocenters. The highest BCUT2D eigenvalue weighted by Crippen LogP contribution is 2.21. The third-order valence-electron chi connectivity index (χ3n) is 1.49. The molecule has 0 spiro atoms. The zero-order chi connectivity index (χ0) is 13.7. The first-order valence-electron chi connectivity index (χ1n) is 5.79. The molecule has 0 aromatic heterocycles. The zero-order valence-electron chi connectivity index (χ0n) is 12.1. The van der Waals surface area contributed by atoms with Gasteiger partial charge in [-0.2, -0.15) is 0 Å². The van der Waals surface area contributed by atoms with Crippen LogP contribution in [0.15, 0.2) is 12.7 Å². The monoisotopic (exact) mass is 294 g/mol. The molecule has 0 N–H and O–H groups in total. The minimum Gasteiger partial charge on any atom is -0.437 e. The van der Waals surface area contributed by atoms with Crippen LogP contribution < -0.4 is 0 Å². The molecular weight excluding hydrogens is 268 g/mol. The summed E-state index contributed by atoms with van der Waals surface area (Å²) in [6.45, 7) is 18.4. The van der Waals surface area contributed by atoms with Crippen LogP contribution in [-0.4, -0.2) is 32.0 Å². The van der Waals surface area contributed by atoms with Crippen molar-refractivity contribution >= 4 is 25.4 Å². The molecule has 0 aliphatic carbocycles. The molecule has 0 radical (unpaired) electrons. The smallest absolute Gasteiger partial charge is 0.360 e. The van der Waals surface area contributed by atoms with Gasteiger partial charge < -0.3 is 8.23 Å². The van der Waals surface area contributed by atoms with E-state index in [9.17, 15) is 0 Å². The van der Waals surface area contributed by atoms with Crippen molar-refractivity contribution in [3.05, 3.63) is 12.7 Å². The molecular formula is C10H26O4Si3. The third kappa shape index (κ3) is 9.89. The first-order chi connectivity index (χ1) is 7.47. The summed E-state index contributed by atoms with van der Waals surface area (Å²) in [5.74, 6) is 0. The fraction of sp³-hybridized carbons (Fsp3) is 0.800. The van der Waals surface area contributed by atoms with Gasteiger partial charge in [0.05, 0.1) is 6.61 Å². The Hall–Kier alpha value is 0.231. The second-order valence-corrected chi connectivity index (χ2v) is 17.4. The van der Waals surface area contributed by atoms with Crippen molar-refractivity contribution in [3.63, 3.8) is 0 Å². The molecule has 4 nitrogen and oxygen atoms in total. The fourth-order valence-electron chi connectivity index (χ4n) is 1.59. The van der Waals surface area contributed by atoms with Crippen LogP contribution in [0.3, 0.4) is 0 Å². The molecule has 0 aromatic rings. The molecule has 7 heteroatoms. The van der Waals surface area contributed by atoms with Gasteiger partial charge in [-0.15, -0.1) is 6.58 Å². The second-order valence-electron chi connectivity index (χ2n) is 5.77. The molecule has 0 aromatic carbocycles. The number of hydrogen-bond acceptors (Lipinski definition) is 4. The first-order valence-corrected chi connectivity index (χ1v) is 14.8. The Kier molecular flexibility index (Phi) is 6.50. The lowest BCUT2D eigenvalue weighted by Gasteiger charge is -2.35. The van der Waals surface area contributed by atoms with Crippen molar-refractivity contribution in [2.24, 2.45) is 0 Å². The highest BCUT2D eigenvalue weighted by atomic mass is 28.5. The van der Waals surface area contributed by atoms with Gasteiger partial charge in [-0.3, -0.25) is 4.58 Å². The van der Waals surface area contributed by atoms with Crippen LogP contribution in [0.1, 0.15) is 0 Å². The molecule has 0 fully saturated rings. The van der Waals surface area contributed by atoms with Crippen molar-refractivity contribution in [1.29, 1.82) is 0 Å². The topological polar surface area (TPSA) is 36.9 Å². The highest BCUT2D eigenvalue weighted by Gasteiger charge is 2.40. The Bertz CT molecular complexity index is 248. The molecule has 0 aliphatic heterocycles. The molecule has 0 aliphatic rings. The fourth-order valence-corrected chi connectivity index (χ4v) is 13.3. The molecule has 0 bridgehead atoms. The standard InChI is InChI=1S/C10H26O4Si3/c1-9-10-11-12-16(5,6)14-17(7,8)13-15(2,3)4/h9H,1,10H2,2-8H3. The van der Waals surface area contributed by atoms with E-state index in [1.807, 2.05) is 13.1 Å². The summed E-state index contributed by atoms with van der Waals surface area (Å²) in [5, 5.41) is 0. The first kappa shape index (κ1) is 17.2. The summed E-state index contributed by atoms with van der Waals surface area (Å²) in [4.78, 5) is 5.02. The average molecular weight is 295 g/mol. The van der Waals surface area contributed by atoms with Gasteiger partial charge in [0.2, 0.25) is 0 Å². The van der Waals surface area contributed by atoms with E-state index in [-0.39, 0.29) is 0 Å². The second kappa shape index (κ2) is 6.41. The van der Waals surface area contributed by atoms with Crippen LogP contribution in [0, 0.1) is 0 Å². The van der Waals surface area contributed by atoms with Crippen LogP contribution in [0.25, 0.3) is 0 Å². The molecule has 0 atom stereocenters. The summed E-state index contributed by atoms with van der Waals surface area (Å²) >= 11 is 0. The van der Waals surface area contributed by atoms with E-state index in [0.29, 0.717) is 6.61 Å². The van der Waals surface area contributed by atoms with E-state index in [0.717, 1.165) is 0 Å². The number of hydrogen-bond donors (Lipinski definition) is 0. The lowest BCUT2D eigenvalue weighted by Crippen LogP contribution is -2.52. The normalized spacial score (nSPS) is 13.8. The van der Waals surface area contributed by atoms with Crippen LogP contribution in [-0.2, 0) is 17.7 Å². The lowest BCUT2D eigenvalue weighted by molar-refractivity contribution is -0.217. The predicted molar refractivity (Wildman–Crippen MR) is 77.7 cm³/mol. The minimum absolute atomic E-state index is 0.372. The molecule has 102 valence electrons. The number of rotatable bonds is 8. The maximum absolute atomic E-state index is 6.10. The van der Waals surface area contributed by atoms with Crippen LogP contribution >= 0.6 is 0 Å². The predicted octanol–water partition coefficient (Wildman–Crippen LogP) is 3.39. The van der Waals surface area contributed by atoms with E-state index < -0.39 is 25.4 Å². The minimum atomic E-state index is -2.29. The van der Waals surface area contributed by atoms with Gasteiger partial charge in [0.15, 0.2) is 8.32 Å². The zero-order valence-corrected chi connectivity index (χ0v) is 15.1. The summed E-state index contributed by atoms with van der Waals surface area (Å²) in [5.41, 5.74) is 0. The van der Waals surface area contributed by atoms with Crippen molar-refractivity contribution in [3.8, 4) is 0 Å². The average Bonchev–Trinajstić information content (AvgIpc) is 1.96. The molecule has 0 heterocycles. The van der Waals surface area contributed by atoms with Crippen molar-refractivity contribution in [2.45, 2.75) is 45.8 Å². The van der Waals surface area contributed by atoms with E-state index >= 15 is 0 Å². The Morgan fingerprint density at radius 2 is 1.41 bits per heavy atom. The largest absolute Gasteiger partial charge is 0.437 e. The van der Waals surface area contributed by atoms with Gasteiger partial charge in [-0.05, 0) is 45.8 Å². The van der Waals surface area contributed by atoms with E-state index in [1.54, 1.807) is 6.08 Å². The molecule has 0 rings (SSSR count). The summed E-state index contributed by atoms with van der Waals surface area (Å²) in [6, 6.07) is 0. The maximum Gasteiger partial charge on any atom is 0.360 e. The Balaban J connectivity index is 4.31. The highest BCUT2D eigenvalue weighted by molar-refractivity contribution is 6.85. The third-order valence-corrected chi connectivity index (χ3v) is 10.4.